The first-order valence-electron chi connectivity index (χ1n) is 10.9. The summed E-state index contributed by atoms with van der Waals surface area (Å²) in [6.07, 6.45) is 4.26. The average Bonchev–Trinajstić information content (AvgIpc) is 3.19. The summed E-state index contributed by atoms with van der Waals surface area (Å²) in [5.74, 6) is 1.85. The predicted octanol–water partition coefficient (Wildman–Crippen LogP) is 3.55. The van der Waals surface area contributed by atoms with E-state index in [0.29, 0.717) is 18.3 Å². The van der Waals surface area contributed by atoms with Gasteiger partial charge in [-0.25, -0.2) is 9.97 Å². The van der Waals surface area contributed by atoms with Crippen molar-refractivity contribution in [2.75, 3.05) is 32.5 Å². The third-order valence-electron chi connectivity index (χ3n) is 6.25. The van der Waals surface area contributed by atoms with E-state index in [4.69, 9.17) is 9.40 Å². The van der Waals surface area contributed by atoms with Crippen LogP contribution in [0.15, 0.2) is 28.9 Å². The molecule has 3 heterocycles. The molecule has 4 rings (SSSR count). The Morgan fingerprint density at radius 3 is 2.90 bits per heavy atom. The number of furan rings is 1. The summed E-state index contributed by atoms with van der Waals surface area (Å²) in [7, 11) is 3.66. The molecule has 0 aliphatic carbocycles. The predicted molar refractivity (Wildman–Crippen MR) is 122 cm³/mol. The highest BCUT2D eigenvalue weighted by molar-refractivity contribution is 5.89. The molecule has 1 aliphatic heterocycles. The molecular weight excluding hydrogens is 390 g/mol. The second-order valence-electron chi connectivity index (χ2n) is 8.46. The number of benzene rings is 1. The van der Waals surface area contributed by atoms with Crippen LogP contribution in [0.2, 0.25) is 0 Å². The van der Waals surface area contributed by atoms with E-state index in [0.717, 1.165) is 59.5 Å². The largest absolute Gasteiger partial charge is 0.464 e. The summed E-state index contributed by atoms with van der Waals surface area (Å²) in [6, 6.07) is 6.13. The van der Waals surface area contributed by atoms with E-state index in [2.05, 4.69) is 28.6 Å². The quantitative estimate of drug-likeness (QED) is 0.633. The normalized spacial score (nSPS) is 16.5. The fourth-order valence-electron chi connectivity index (χ4n) is 4.15. The van der Waals surface area contributed by atoms with Crippen LogP contribution in [0.25, 0.3) is 11.0 Å². The molecule has 0 unspecified atom stereocenters. The fourth-order valence-corrected chi connectivity index (χ4v) is 4.15. The molecule has 1 atom stereocenters. The highest BCUT2D eigenvalue weighted by Gasteiger charge is 2.20. The highest BCUT2D eigenvalue weighted by atomic mass is 16.3. The van der Waals surface area contributed by atoms with Crippen LogP contribution in [0.5, 0.6) is 0 Å². The summed E-state index contributed by atoms with van der Waals surface area (Å²) in [6.45, 7) is 6.47. The Morgan fingerprint density at radius 2 is 2.16 bits per heavy atom. The molecule has 0 radical (unpaired) electrons. The Balaban J connectivity index is 1.49. The van der Waals surface area contributed by atoms with Gasteiger partial charge in [0.15, 0.2) is 0 Å². The van der Waals surface area contributed by atoms with Crippen LogP contribution in [-0.4, -0.2) is 48.0 Å². The first-order chi connectivity index (χ1) is 15.0. The van der Waals surface area contributed by atoms with Crippen LogP contribution in [0, 0.1) is 13.8 Å². The lowest BCUT2D eigenvalue weighted by atomic mass is 9.96. The van der Waals surface area contributed by atoms with Crippen molar-refractivity contribution >= 4 is 22.7 Å². The van der Waals surface area contributed by atoms with E-state index in [1.54, 1.807) is 18.2 Å². The SMILES string of the molecule is CNc1cc([C@H]2CCCNC2)nc(CN(C)C(=O)Cc2coc3c(C)c(C)ccc23)n1. The lowest BCUT2D eigenvalue weighted by molar-refractivity contribution is -0.129. The van der Waals surface area contributed by atoms with Gasteiger partial charge in [0.05, 0.1) is 24.9 Å². The molecule has 0 bridgehead atoms. The number of nitrogens with one attached hydrogen (secondary N) is 2. The minimum atomic E-state index is 0.0141. The third kappa shape index (κ3) is 4.56. The number of likely N-dealkylation sites (N-methyl/N-ethyl adjacent to an activating group) is 1. The molecule has 1 fully saturated rings. The number of fused-ring (bicyclic) bond motifs is 1. The molecule has 1 amide bonds. The minimum absolute atomic E-state index is 0.0141. The van der Waals surface area contributed by atoms with Gasteiger partial charge in [-0.3, -0.25) is 4.79 Å². The number of aryl methyl sites for hydroxylation is 2. The standard InChI is InChI=1S/C24H31N5O2/c1-15-7-8-19-18(14-31-24(19)16(15)2)10-23(30)29(4)13-22-27-20(11-21(25-3)28-22)17-6-5-9-26-12-17/h7-8,11,14,17,26H,5-6,9-10,12-13H2,1-4H3,(H,25,27,28)/t17-/m0/s1. The Hall–Kier alpha value is -2.93. The number of hydrogen-bond donors (Lipinski definition) is 2. The summed E-state index contributed by atoms with van der Waals surface area (Å²) >= 11 is 0. The number of carbonyl (C=O) groups is 1. The number of carbonyl (C=O) groups excluding carboxylic acids is 1. The lowest BCUT2D eigenvalue weighted by Gasteiger charge is -2.23. The van der Waals surface area contributed by atoms with Crippen LogP contribution < -0.4 is 10.6 Å². The van der Waals surface area contributed by atoms with E-state index in [-0.39, 0.29) is 12.3 Å². The van der Waals surface area contributed by atoms with Gasteiger partial charge in [0, 0.05) is 43.6 Å². The fraction of sp³-hybridized carbons (Fsp3) is 0.458. The smallest absolute Gasteiger partial charge is 0.227 e. The van der Waals surface area contributed by atoms with Crippen LogP contribution in [0.1, 0.15) is 47.0 Å². The first-order valence-corrected chi connectivity index (χ1v) is 10.9. The highest BCUT2D eigenvalue weighted by Crippen LogP contribution is 2.27. The van der Waals surface area contributed by atoms with Crippen molar-refractivity contribution in [3.05, 3.63) is 52.7 Å². The van der Waals surface area contributed by atoms with Gasteiger partial charge in [0.2, 0.25) is 5.91 Å². The zero-order chi connectivity index (χ0) is 22.0. The monoisotopic (exact) mass is 421 g/mol. The van der Waals surface area contributed by atoms with Gasteiger partial charge in [-0.2, -0.15) is 0 Å². The molecule has 3 aromatic rings. The minimum Gasteiger partial charge on any atom is -0.464 e. The number of rotatable bonds is 6. The van der Waals surface area contributed by atoms with Gasteiger partial charge in [-0.1, -0.05) is 12.1 Å². The van der Waals surface area contributed by atoms with Crippen molar-refractivity contribution in [1.29, 1.82) is 0 Å². The molecule has 31 heavy (non-hydrogen) atoms. The second-order valence-corrected chi connectivity index (χ2v) is 8.46. The van der Waals surface area contributed by atoms with E-state index in [9.17, 15) is 4.79 Å². The van der Waals surface area contributed by atoms with Gasteiger partial charge in [-0.05, 0) is 44.4 Å². The number of hydrogen-bond acceptors (Lipinski definition) is 6. The number of aromatic nitrogens is 2. The molecule has 7 heteroatoms. The van der Waals surface area contributed by atoms with Crippen LogP contribution in [0.3, 0.4) is 0 Å². The van der Waals surface area contributed by atoms with Gasteiger partial charge in [0.1, 0.15) is 17.2 Å². The first kappa shape index (κ1) is 21.3. The van der Waals surface area contributed by atoms with E-state index in [1.807, 2.05) is 26.1 Å². The van der Waals surface area contributed by atoms with Crippen LogP contribution in [0.4, 0.5) is 5.82 Å². The average molecular weight is 422 g/mol. The maximum absolute atomic E-state index is 13.0. The van der Waals surface area contributed by atoms with Crippen molar-refractivity contribution in [2.45, 2.75) is 45.6 Å². The van der Waals surface area contributed by atoms with Crippen molar-refractivity contribution < 1.29 is 9.21 Å². The van der Waals surface area contributed by atoms with Gasteiger partial charge in [-0.15, -0.1) is 0 Å². The molecule has 1 saturated heterocycles. The Kier molecular flexibility index (Phi) is 6.23. The molecule has 1 aromatic carbocycles. The maximum atomic E-state index is 13.0. The number of piperidine rings is 1. The zero-order valence-corrected chi connectivity index (χ0v) is 18.8. The maximum Gasteiger partial charge on any atom is 0.227 e. The molecule has 164 valence electrons. The van der Waals surface area contributed by atoms with Crippen LogP contribution in [-0.2, 0) is 17.8 Å². The summed E-state index contributed by atoms with van der Waals surface area (Å²) < 4.78 is 5.76. The van der Waals surface area contributed by atoms with Crippen molar-refractivity contribution in [2.24, 2.45) is 0 Å². The Labute approximate surface area is 183 Å². The molecule has 2 aromatic heterocycles. The summed E-state index contributed by atoms with van der Waals surface area (Å²) in [5, 5.41) is 7.57. The van der Waals surface area contributed by atoms with Crippen molar-refractivity contribution in [1.82, 2.24) is 20.2 Å². The molecule has 2 N–H and O–H groups in total. The Bertz CT molecular complexity index is 1090. The van der Waals surface area contributed by atoms with Gasteiger partial charge < -0.3 is 20.0 Å². The van der Waals surface area contributed by atoms with Crippen molar-refractivity contribution in [3.8, 4) is 0 Å². The zero-order valence-electron chi connectivity index (χ0n) is 18.8. The number of anilines is 1. The van der Waals surface area contributed by atoms with E-state index in [1.165, 1.54) is 5.56 Å². The molecule has 0 spiro atoms. The molecule has 1 aliphatic rings. The molecular formula is C24H31N5O2. The summed E-state index contributed by atoms with van der Waals surface area (Å²) in [5.41, 5.74) is 5.11. The molecule has 7 nitrogen and oxygen atoms in total. The van der Waals surface area contributed by atoms with Crippen LogP contribution >= 0.6 is 0 Å². The topological polar surface area (TPSA) is 83.3 Å². The van der Waals surface area contributed by atoms with Crippen molar-refractivity contribution in [3.63, 3.8) is 0 Å². The van der Waals surface area contributed by atoms with E-state index >= 15 is 0 Å². The van der Waals surface area contributed by atoms with E-state index < -0.39 is 0 Å². The third-order valence-corrected chi connectivity index (χ3v) is 6.25. The number of nitrogens with zero attached hydrogens (tertiary/aromatic N) is 3. The Morgan fingerprint density at radius 1 is 1.32 bits per heavy atom. The van der Waals surface area contributed by atoms with Gasteiger partial charge >= 0.3 is 0 Å². The summed E-state index contributed by atoms with van der Waals surface area (Å²) in [4.78, 5) is 24.0. The number of amides is 1. The lowest BCUT2D eigenvalue weighted by Crippen LogP contribution is -2.30. The van der Waals surface area contributed by atoms with Gasteiger partial charge in [0.25, 0.3) is 0 Å². The second kappa shape index (κ2) is 9.06. The molecule has 0 saturated carbocycles.